The Morgan fingerprint density at radius 2 is 2.35 bits per heavy atom. The van der Waals surface area contributed by atoms with Gasteiger partial charge in [-0.15, -0.1) is 5.10 Å². The summed E-state index contributed by atoms with van der Waals surface area (Å²) in [5.74, 6) is 2.19. The summed E-state index contributed by atoms with van der Waals surface area (Å²) in [6.07, 6.45) is 3.20. The van der Waals surface area contributed by atoms with Crippen LogP contribution in [0.25, 0.3) is 0 Å². The van der Waals surface area contributed by atoms with Crippen LogP contribution in [0.15, 0.2) is 0 Å². The first kappa shape index (κ1) is 15.3. The first-order valence-corrected chi connectivity index (χ1v) is 7.41. The van der Waals surface area contributed by atoms with Crippen LogP contribution in [0.2, 0.25) is 0 Å². The average molecular weight is 281 g/mol. The van der Waals surface area contributed by atoms with Crippen LogP contribution >= 0.6 is 0 Å². The number of aromatic nitrogens is 3. The molecule has 1 fully saturated rings. The molecule has 0 saturated carbocycles. The minimum absolute atomic E-state index is 0.183. The van der Waals surface area contributed by atoms with Crippen LogP contribution in [0.1, 0.15) is 32.5 Å². The molecule has 0 spiro atoms. The molecule has 1 aliphatic rings. The number of hydrogen-bond acceptors (Lipinski definition) is 5. The molecule has 1 aromatic heterocycles. The third-order valence-electron chi connectivity index (χ3n) is 4.07. The molecule has 0 amide bonds. The number of anilines is 1. The highest BCUT2D eigenvalue weighted by atomic mass is 16.5. The zero-order valence-corrected chi connectivity index (χ0v) is 12.9. The summed E-state index contributed by atoms with van der Waals surface area (Å²) in [6.45, 7) is 7.80. The second kappa shape index (κ2) is 6.54. The third kappa shape index (κ3) is 3.70. The van der Waals surface area contributed by atoms with E-state index in [-0.39, 0.29) is 5.41 Å². The van der Waals surface area contributed by atoms with Crippen LogP contribution in [0.4, 0.5) is 5.95 Å². The van der Waals surface area contributed by atoms with Crippen LogP contribution < -0.4 is 10.6 Å². The minimum atomic E-state index is 0.183. The maximum Gasteiger partial charge on any atom is 0.244 e. The van der Waals surface area contributed by atoms with Gasteiger partial charge in [0.05, 0.1) is 0 Å². The van der Waals surface area contributed by atoms with Gasteiger partial charge in [0.15, 0.2) is 0 Å². The SMILES string of the molecule is COCC(C)Cc1nc(N2CCCC(C)(CN)C2)n[nH]1. The van der Waals surface area contributed by atoms with Gasteiger partial charge in [-0.3, -0.25) is 5.10 Å². The Morgan fingerprint density at radius 1 is 1.55 bits per heavy atom. The molecule has 3 N–H and O–H groups in total. The lowest BCUT2D eigenvalue weighted by molar-refractivity contribution is 0.159. The lowest BCUT2D eigenvalue weighted by Crippen LogP contribution is -2.46. The lowest BCUT2D eigenvalue weighted by Gasteiger charge is -2.39. The molecule has 2 atom stereocenters. The van der Waals surface area contributed by atoms with Crippen molar-refractivity contribution in [1.29, 1.82) is 0 Å². The van der Waals surface area contributed by atoms with Gasteiger partial charge in [0.25, 0.3) is 0 Å². The first-order chi connectivity index (χ1) is 9.56. The number of nitrogens with two attached hydrogens (primary N) is 1. The van der Waals surface area contributed by atoms with E-state index in [1.54, 1.807) is 7.11 Å². The second-order valence-corrected chi connectivity index (χ2v) is 6.39. The molecule has 0 aromatic carbocycles. The summed E-state index contributed by atoms with van der Waals surface area (Å²) in [5.41, 5.74) is 6.08. The normalized spacial score (nSPS) is 24.9. The molecule has 0 radical (unpaired) electrons. The Morgan fingerprint density at radius 3 is 3.05 bits per heavy atom. The molecule has 1 aromatic rings. The third-order valence-corrected chi connectivity index (χ3v) is 4.07. The molecule has 1 aliphatic heterocycles. The molecular formula is C14H27N5O. The molecular weight excluding hydrogens is 254 g/mol. The Hall–Kier alpha value is -1.14. The van der Waals surface area contributed by atoms with Crippen LogP contribution in [-0.4, -0.2) is 48.5 Å². The maximum atomic E-state index is 5.89. The van der Waals surface area contributed by atoms with E-state index >= 15 is 0 Å². The second-order valence-electron chi connectivity index (χ2n) is 6.39. The van der Waals surface area contributed by atoms with Crippen molar-refractivity contribution in [2.75, 3.05) is 38.3 Å². The summed E-state index contributed by atoms with van der Waals surface area (Å²) >= 11 is 0. The first-order valence-electron chi connectivity index (χ1n) is 7.41. The number of piperidine rings is 1. The Bertz CT molecular complexity index is 421. The number of ether oxygens (including phenoxy) is 1. The van der Waals surface area contributed by atoms with Crippen molar-refractivity contribution in [2.24, 2.45) is 17.1 Å². The highest BCUT2D eigenvalue weighted by Gasteiger charge is 2.31. The molecule has 6 heteroatoms. The number of nitrogens with one attached hydrogen (secondary N) is 1. The highest BCUT2D eigenvalue weighted by Crippen LogP contribution is 2.29. The Balaban J connectivity index is 1.98. The van der Waals surface area contributed by atoms with E-state index in [2.05, 4.69) is 33.9 Å². The fraction of sp³-hybridized carbons (Fsp3) is 0.857. The predicted octanol–water partition coefficient (Wildman–Crippen LogP) is 1.19. The Labute approximate surface area is 121 Å². The van der Waals surface area contributed by atoms with E-state index < -0.39 is 0 Å². The van der Waals surface area contributed by atoms with Crippen molar-refractivity contribution in [3.63, 3.8) is 0 Å². The van der Waals surface area contributed by atoms with Crippen molar-refractivity contribution in [3.05, 3.63) is 5.82 Å². The van der Waals surface area contributed by atoms with E-state index in [4.69, 9.17) is 10.5 Å². The fourth-order valence-electron chi connectivity index (χ4n) is 2.84. The molecule has 2 heterocycles. The zero-order valence-electron chi connectivity index (χ0n) is 12.9. The molecule has 2 rings (SSSR count). The highest BCUT2D eigenvalue weighted by molar-refractivity contribution is 5.30. The summed E-state index contributed by atoms with van der Waals surface area (Å²) < 4.78 is 5.15. The summed E-state index contributed by atoms with van der Waals surface area (Å²) in [4.78, 5) is 6.87. The van der Waals surface area contributed by atoms with E-state index in [0.29, 0.717) is 12.5 Å². The number of hydrogen-bond donors (Lipinski definition) is 2. The quantitative estimate of drug-likeness (QED) is 0.819. The van der Waals surface area contributed by atoms with Gasteiger partial charge in [-0.25, -0.2) is 0 Å². The number of methoxy groups -OCH3 is 1. The summed E-state index contributed by atoms with van der Waals surface area (Å²) in [6, 6.07) is 0. The molecule has 114 valence electrons. The Kier molecular flexibility index (Phi) is 4.99. The van der Waals surface area contributed by atoms with Crippen LogP contribution in [0.3, 0.4) is 0 Å². The van der Waals surface area contributed by atoms with Crippen molar-refractivity contribution < 1.29 is 4.74 Å². The molecule has 1 saturated heterocycles. The topological polar surface area (TPSA) is 80.1 Å². The summed E-state index contributed by atoms with van der Waals surface area (Å²) in [5, 5.41) is 7.41. The van der Waals surface area contributed by atoms with Crippen molar-refractivity contribution >= 4 is 5.95 Å². The number of nitrogens with zero attached hydrogens (tertiary/aromatic N) is 3. The smallest absolute Gasteiger partial charge is 0.244 e. The van der Waals surface area contributed by atoms with Crippen LogP contribution in [0, 0.1) is 11.3 Å². The monoisotopic (exact) mass is 281 g/mol. The minimum Gasteiger partial charge on any atom is -0.384 e. The van der Waals surface area contributed by atoms with E-state index in [0.717, 1.165) is 44.3 Å². The molecule has 0 bridgehead atoms. The van der Waals surface area contributed by atoms with Gasteiger partial charge in [0.2, 0.25) is 5.95 Å². The van der Waals surface area contributed by atoms with Gasteiger partial charge in [0, 0.05) is 33.2 Å². The van der Waals surface area contributed by atoms with Crippen molar-refractivity contribution in [1.82, 2.24) is 15.2 Å². The molecule has 20 heavy (non-hydrogen) atoms. The number of H-pyrrole nitrogens is 1. The largest absolute Gasteiger partial charge is 0.384 e. The van der Waals surface area contributed by atoms with E-state index in [1.807, 2.05) is 0 Å². The van der Waals surface area contributed by atoms with Gasteiger partial charge < -0.3 is 15.4 Å². The average Bonchev–Trinajstić information content (AvgIpc) is 2.87. The van der Waals surface area contributed by atoms with Gasteiger partial charge in [-0.1, -0.05) is 13.8 Å². The van der Waals surface area contributed by atoms with Crippen LogP contribution in [0.5, 0.6) is 0 Å². The molecule has 0 aliphatic carbocycles. The number of aromatic amines is 1. The number of rotatable bonds is 6. The molecule has 6 nitrogen and oxygen atoms in total. The van der Waals surface area contributed by atoms with Gasteiger partial charge in [-0.2, -0.15) is 4.98 Å². The molecule has 2 unspecified atom stereocenters. The van der Waals surface area contributed by atoms with Gasteiger partial charge >= 0.3 is 0 Å². The van der Waals surface area contributed by atoms with Crippen molar-refractivity contribution in [2.45, 2.75) is 33.1 Å². The van der Waals surface area contributed by atoms with E-state index in [9.17, 15) is 0 Å². The van der Waals surface area contributed by atoms with Crippen LogP contribution in [-0.2, 0) is 11.2 Å². The fourth-order valence-corrected chi connectivity index (χ4v) is 2.84. The van der Waals surface area contributed by atoms with E-state index in [1.165, 1.54) is 6.42 Å². The standard InChI is InChI=1S/C14H27N5O/c1-11(8-20-3)7-12-16-13(18-17-12)19-6-4-5-14(2,9-15)10-19/h11H,4-10,15H2,1-3H3,(H,16,17,18). The maximum absolute atomic E-state index is 5.89. The summed E-state index contributed by atoms with van der Waals surface area (Å²) in [7, 11) is 1.73. The predicted molar refractivity (Wildman–Crippen MR) is 79.7 cm³/mol. The lowest BCUT2D eigenvalue weighted by atomic mass is 9.82. The zero-order chi connectivity index (χ0) is 14.6. The van der Waals surface area contributed by atoms with Gasteiger partial charge in [-0.05, 0) is 30.7 Å². The van der Waals surface area contributed by atoms with Crippen molar-refractivity contribution in [3.8, 4) is 0 Å². The van der Waals surface area contributed by atoms with Gasteiger partial charge in [0.1, 0.15) is 5.82 Å².